The molecule has 206 valence electrons. The van der Waals surface area contributed by atoms with E-state index in [-0.39, 0.29) is 12.2 Å². The second-order valence-electron chi connectivity index (χ2n) is 12.7. The second kappa shape index (κ2) is 12.1. The summed E-state index contributed by atoms with van der Waals surface area (Å²) in [7, 11) is 0. The Hall–Kier alpha value is -1.53. The van der Waals surface area contributed by atoms with E-state index in [0.717, 1.165) is 5.56 Å². The van der Waals surface area contributed by atoms with Gasteiger partial charge in [-0.15, -0.1) is 0 Å². The van der Waals surface area contributed by atoms with Crippen LogP contribution in [0.3, 0.4) is 0 Å². The van der Waals surface area contributed by atoms with E-state index < -0.39 is 27.7 Å². The standard InChI is InChI=1S/C25H30Cl2O4S.C5H12/c1-14-9-16(7-8-20(14)15(2)28)25(31,21(32)22(29)30)13-24(6,23(3,4)5)17-10-18(26)12-19(27)11-17;1-5(2,3)4/h7-12,21,31-32H,13H2,1-6H3,(H,29,30);1-4H3. The molecule has 2 aromatic rings. The van der Waals surface area contributed by atoms with Crippen LogP contribution in [0, 0.1) is 17.8 Å². The van der Waals surface area contributed by atoms with Gasteiger partial charge in [-0.1, -0.05) is 96.8 Å². The second-order valence-corrected chi connectivity index (χ2v) is 14.1. The molecular formula is C30H42Cl2O4S. The van der Waals surface area contributed by atoms with Crippen molar-refractivity contribution < 1.29 is 19.8 Å². The molecule has 0 aromatic heterocycles. The van der Waals surface area contributed by atoms with Crippen LogP contribution in [0.1, 0.15) is 95.8 Å². The number of hydrogen-bond acceptors (Lipinski definition) is 4. The van der Waals surface area contributed by atoms with Crippen LogP contribution in [0.5, 0.6) is 0 Å². The third-order valence-corrected chi connectivity index (χ3v) is 7.65. The molecule has 0 aliphatic rings. The Morgan fingerprint density at radius 3 is 1.70 bits per heavy atom. The number of ketones is 1. The number of aliphatic hydroxyl groups is 1. The van der Waals surface area contributed by atoms with E-state index in [4.69, 9.17) is 23.2 Å². The summed E-state index contributed by atoms with van der Waals surface area (Å²) in [6.07, 6.45) is 0.0273. The minimum atomic E-state index is -1.86. The number of carboxylic acids is 1. The van der Waals surface area contributed by atoms with Crippen LogP contribution in [-0.4, -0.2) is 27.2 Å². The molecule has 0 bridgehead atoms. The number of carboxylic acid groups (broad SMARTS) is 1. The van der Waals surface area contributed by atoms with E-state index in [1.165, 1.54) is 6.92 Å². The van der Waals surface area contributed by atoms with Crippen molar-refractivity contribution in [2.75, 3.05) is 0 Å². The molecule has 0 saturated heterocycles. The molecule has 0 aliphatic carbocycles. The van der Waals surface area contributed by atoms with Gasteiger partial charge in [0.2, 0.25) is 0 Å². The molecule has 2 rings (SSSR count). The van der Waals surface area contributed by atoms with Gasteiger partial charge in [-0.2, -0.15) is 12.6 Å². The molecule has 7 heteroatoms. The fourth-order valence-corrected chi connectivity index (χ4v) is 4.87. The van der Waals surface area contributed by atoms with E-state index in [1.54, 1.807) is 43.3 Å². The lowest BCUT2D eigenvalue weighted by molar-refractivity contribution is -0.143. The predicted octanol–water partition coefficient (Wildman–Crippen LogP) is 8.52. The summed E-state index contributed by atoms with van der Waals surface area (Å²) in [4.78, 5) is 23.9. The number of aliphatic carboxylic acids is 1. The highest BCUT2D eigenvalue weighted by Gasteiger charge is 2.51. The first-order valence-electron chi connectivity index (χ1n) is 12.2. The van der Waals surface area contributed by atoms with Gasteiger partial charge in [-0.05, 0) is 66.0 Å². The number of carbonyl (C=O) groups excluding carboxylic acids is 1. The average molecular weight is 570 g/mol. The molecule has 0 aliphatic heterocycles. The van der Waals surface area contributed by atoms with Crippen LogP contribution in [-0.2, 0) is 15.8 Å². The van der Waals surface area contributed by atoms with E-state index in [0.29, 0.717) is 32.2 Å². The lowest BCUT2D eigenvalue weighted by atomic mass is 9.58. The van der Waals surface area contributed by atoms with Gasteiger partial charge in [0.25, 0.3) is 0 Å². The predicted molar refractivity (Wildman–Crippen MR) is 159 cm³/mol. The van der Waals surface area contributed by atoms with Crippen molar-refractivity contribution in [3.63, 3.8) is 0 Å². The highest BCUT2D eigenvalue weighted by molar-refractivity contribution is 7.81. The van der Waals surface area contributed by atoms with Gasteiger partial charge >= 0.3 is 5.97 Å². The fourth-order valence-electron chi connectivity index (χ4n) is 4.10. The molecule has 3 unspecified atom stereocenters. The SMILES string of the molecule is CC(=O)c1ccc(C(O)(CC(C)(c2cc(Cl)cc(Cl)c2)C(C)(C)C)C(S)C(=O)O)cc1C.CC(C)(C)C. The zero-order valence-corrected chi connectivity index (χ0v) is 26.1. The summed E-state index contributed by atoms with van der Waals surface area (Å²) >= 11 is 16.9. The Bertz CT molecular complexity index is 1110. The third-order valence-electron chi connectivity index (χ3n) is 6.57. The third kappa shape index (κ3) is 8.74. The highest BCUT2D eigenvalue weighted by atomic mass is 35.5. The van der Waals surface area contributed by atoms with Crippen molar-refractivity contribution >= 4 is 47.6 Å². The lowest BCUT2D eigenvalue weighted by Gasteiger charge is -2.48. The summed E-state index contributed by atoms with van der Waals surface area (Å²) in [5.41, 5.74) is -0.193. The highest BCUT2D eigenvalue weighted by Crippen LogP contribution is 2.51. The van der Waals surface area contributed by atoms with Gasteiger partial charge in [-0.25, -0.2) is 0 Å². The van der Waals surface area contributed by atoms with E-state index in [9.17, 15) is 19.8 Å². The number of aryl methyl sites for hydroxylation is 1. The summed E-state index contributed by atoms with van der Waals surface area (Å²) in [6.45, 7) is 20.0. The van der Waals surface area contributed by atoms with Gasteiger partial charge in [-0.3, -0.25) is 9.59 Å². The first-order chi connectivity index (χ1) is 16.5. The number of Topliss-reactive ketones (excluding diaryl/α,β-unsaturated/α-hetero) is 1. The molecule has 0 amide bonds. The molecule has 3 atom stereocenters. The van der Waals surface area contributed by atoms with Crippen molar-refractivity contribution in [1.82, 2.24) is 0 Å². The number of rotatable bonds is 7. The molecule has 2 N–H and O–H groups in total. The van der Waals surface area contributed by atoms with Crippen LogP contribution in [0.15, 0.2) is 36.4 Å². The maximum absolute atomic E-state index is 12.0. The topological polar surface area (TPSA) is 74.6 Å². The minimum Gasteiger partial charge on any atom is -0.480 e. The van der Waals surface area contributed by atoms with Crippen LogP contribution >= 0.6 is 35.8 Å². The Labute approximate surface area is 238 Å². The summed E-state index contributed by atoms with van der Waals surface area (Å²) in [5, 5.41) is 21.3. The lowest BCUT2D eigenvalue weighted by Crippen LogP contribution is -2.50. The molecule has 2 aromatic carbocycles. The molecule has 0 fully saturated rings. The molecule has 0 spiro atoms. The zero-order valence-electron chi connectivity index (χ0n) is 23.7. The Morgan fingerprint density at radius 2 is 1.35 bits per heavy atom. The number of benzene rings is 2. The Balaban J connectivity index is 0.00000124. The Morgan fingerprint density at radius 1 is 0.892 bits per heavy atom. The van der Waals surface area contributed by atoms with Gasteiger partial charge in [0.1, 0.15) is 10.9 Å². The molecule has 0 saturated carbocycles. The monoisotopic (exact) mass is 568 g/mol. The van der Waals surface area contributed by atoms with Gasteiger partial charge in [0, 0.05) is 21.0 Å². The van der Waals surface area contributed by atoms with Crippen LogP contribution < -0.4 is 0 Å². The van der Waals surface area contributed by atoms with Crippen molar-refractivity contribution in [2.45, 2.75) is 91.9 Å². The average Bonchev–Trinajstić information content (AvgIpc) is 2.69. The minimum absolute atomic E-state index is 0.0273. The summed E-state index contributed by atoms with van der Waals surface area (Å²) in [6, 6.07) is 10.1. The van der Waals surface area contributed by atoms with E-state index >= 15 is 0 Å². The van der Waals surface area contributed by atoms with Gasteiger partial charge < -0.3 is 10.2 Å². The van der Waals surface area contributed by atoms with E-state index in [2.05, 4.69) is 40.3 Å². The first kappa shape index (κ1) is 33.5. The fraction of sp³-hybridized carbons (Fsp3) is 0.533. The molecule has 0 radical (unpaired) electrons. The smallest absolute Gasteiger partial charge is 0.319 e. The van der Waals surface area contributed by atoms with E-state index in [1.807, 2.05) is 27.7 Å². The summed E-state index contributed by atoms with van der Waals surface area (Å²) in [5.74, 6) is -1.35. The maximum Gasteiger partial charge on any atom is 0.319 e. The summed E-state index contributed by atoms with van der Waals surface area (Å²) < 4.78 is 0. The number of carbonyl (C=O) groups is 2. The largest absolute Gasteiger partial charge is 0.480 e. The van der Waals surface area contributed by atoms with Crippen molar-refractivity contribution in [3.05, 3.63) is 68.7 Å². The number of hydrogen-bond donors (Lipinski definition) is 3. The van der Waals surface area contributed by atoms with Crippen molar-refractivity contribution in [3.8, 4) is 0 Å². The van der Waals surface area contributed by atoms with Gasteiger partial charge in [0.05, 0.1) is 0 Å². The van der Waals surface area contributed by atoms with Crippen LogP contribution in [0.25, 0.3) is 0 Å². The molecular weight excluding hydrogens is 527 g/mol. The number of thiol groups is 1. The normalized spacial score (nSPS) is 16.1. The van der Waals surface area contributed by atoms with Crippen LogP contribution in [0.4, 0.5) is 0 Å². The quantitative estimate of drug-likeness (QED) is 0.231. The van der Waals surface area contributed by atoms with Crippen molar-refractivity contribution in [1.29, 1.82) is 0 Å². The zero-order chi connectivity index (χ0) is 29.1. The molecule has 0 heterocycles. The van der Waals surface area contributed by atoms with Gasteiger partial charge in [0.15, 0.2) is 5.78 Å². The Kier molecular flexibility index (Phi) is 11.0. The van der Waals surface area contributed by atoms with Crippen molar-refractivity contribution in [2.24, 2.45) is 10.8 Å². The molecule has 4 nitrogen and oxygen atoms in total. The van der Waals surface area contributed by atoms with Crippen LogP contribution in [0.2, 0.25) is 10.0 Å². The number of halogens is 2. The maximum atomic E-state index is 12.0. The molecule has 37 heavy (non-hydrogen) atoms. The first-order valence-corrected chi connectivity index (χ1v) is 13.5.